The van der Waals surface area contributed by atoms with E-state index < -0.39 is 5.97 Å². The number of hydrogen-bond acceptors (Lipinski definition) is 2. The van der Waals surface area contributed by atoms with Crippen LogP contribution in [-0.2, 0) is 4.79 Å². The van der Waals surface area contributed by atoms with Gasteiger partial charge < -0.3 is 10.4 Å². The highest BCUT2D eigenvalue weighted by atomic mass is 79.9. The van der Waals surface area contributed by atoms with Crippen LogP contribution in [0.15, 0.2) is 28.7 Å². The molecule has 0 aliphatic rings. The smallest absolute Gasteiger partial charge is 0.308 e. The van der Waals surface area contributed by atoms with E-state index in [2.05, 4.69) is 21.2 Å². The lowest BCUT2D eigenvalue weighted by Gasteiger charge is -2.11. The summed E-state index contributed by atoms with van der Waals surface area (Å²) in [6, 6.07) is 7.67. The van der Waals surface area contributed by atoms with Gasteiger partial charge in [0.05, 0.1) is 5.92 Å². The standard InChI is InChI=1S/C11H14BrNO2/c1-2-8(11(14)15)7-13-10-5-3-9(12)4-6-10/h3-6,8,13H,2,7H2,1H3,(H,14,15). The topological polar surface area (TPSA) is 49.3 Å². The van der Waals surface area contributed by atoms with Gasteiger partial charge in [0.15, 0.2) is 0 Å². The molecule has 1 aromatic rings. The average Bonchev–Trinajstić information content (AvgIpc) is 2.21. The summed E-state index contributed by atoms with van der Waals surface area (Å²) >= 11 is 3.34. The van der Waals surface area contributed by atoms with E-state index in [1.165, 1.54) is 0 Å². The van der Waals surface area contributed by atoms with Gasteiger partial charge in [-0.3, -0.25) is 4.79 Å². The summed E-state index contributed by atoms with van der Waals surface area (Å²) in [5.74, 6) is -1.07. The fourth-order valence-electron chi connectivity index (χ4n) is 1.22. The van der Waals surface area contributed by atoms with Crippen molar-refractivity contribution in [2.45, 2.75) is 13.3 Å². The molecule has 0 bridgehead atoms. The highest BCUT2D eigenvalue weighted by molar-refractivity contribution is 9.10. The maximum Gasteiger partial charge on any atom is 0.308 e. The molecular formula is C11H14BrNO2. The van der Waals surface area contributed by atoms with E-state index in [-0.39, 0.29) is 5.92 Å². The third kappa shape index (κ3) is 3.91. The minimum absolute atomic E-state index is 0.325. The van der Waals surface area contributed by atoms with Crippen LogP contribution in [0, 0.1) is 5.92 Å². The van der Waals surface area contributed by atoms with Gasteiger partial charge in [0.25, 0.3) is 0 Å². The lowest BCUT2D eigenvalue weighted by molar-refractivity contribution is -0.141. The van der Waals surface area contributed by atoms with E-state index >= 15 is 0 Å². The van der Waals surface area contributed by atoms with Gasteiger partial charge in [0.2, 0.25) is 0 Å². The monoisotopic (exact) mass is 271 g/mol. The Bertz CT molecular complexity index is 324. The molecule has 0 spiro atoms. The molecule has 0 aromatic heterocycles. The van der Waals surface area contributed by atoms with Crippen LogP contribution in [0.3, 0.4) is 0 Å². The van der Waals surface area contributed by atoms with E-state index in [0.717, 1.165) is 10.2 Å². The minimum Gasteiger partial charge on any atom is -0.481 e. The number of halogens is 1. The normalized spacial score (nSPS) is 12.1. The number of carboxylic acid groups (broad SMARTS) is 1. The van der Waals surface area contributed by atoms with Crippen molar-refractivity contribution in [1.29, 1.82) is 0 Å². The summed E-state index contributed by atoms with van der Waals surface area (Å²) in [5, 5.41) is 12.0. The molecule has 4 heteroatoms. The van der Waals surface area contributed by atoms with Crippen molar-refractivity contribution in [3.63, 3.8) is 0 Å². The van der Waals surface area contributed by atoms with Crippen LogP contribution >= 0.6 is 15.9 Å². The van der Waals surface area contributed by atoms with Gasteiger partial charge >= 0.3 is 5.97 Å². The Morgan fingerprint density at radius 1 is 1.47 bits per heavy atom. The molecule has 1 atom stereocenters. The Hall–Kier alpha value is -1.03. The predicted molar refractivity (Wildman–Crippen MR) is 64.0 cm³/mol. The molecule has 2 N–H and O–H groups in total. The largest absolute Gasteiger partial charge is 0.481 e. The van der Waals surface area contributed by atoms with Gasteiger partial charge in [-0.15, -0.1) is 0 Å². The Balaban J connectivity index is 2.49. The molecule has 0 saturated heterocycles. The summed E-state index contributed by atoms with van der Waals surface area (Å²) in [6.07, 6.45) is 0.638. The molecule has 0 amide bonds. The van der Waals surface area contributed by atoms with Gasteiger partial charge in [0, 0.05) is 16.7 Å². The van der Waals surface area contributed by atoms with E-state index in [9.17, 15) is 4.79 Å². The molecule has 1 aromatic carbocycles. The molecule has 0 radical (unpaired) electrons. The lowest BCUT2D eigenvalue weighted by Crippen LogP contribution is -2.21. The molecule has 1 rings (SSSR count). The van der Waals surface area contributed by atoms with Crippen molar-refractivity contribution in [3.8, 4) is 0 Å². The van der Waals surface area contributed by atoms with Crippen molar-refractivity contribution in [2.24, 2.45) is 5.92 Å². The second-order valence-electron chi connectivity index (χ2n) is 3.33. The highest BCUT2D eigenvalue weighted by Gasteiger charge is 2.13. The minimum atomic E-state index is -0.748. The molecule has 0 saturated carbocycles. The van der Waals surface area contributed by atoms with Gasteiger partial charge in [-0.2, -0.15) is 0 Å². The van der Waals surface area contributed by atoms with Crippen molar-refractivity contribution in [3.05, 3.63) is 28.7 Å². The Kier molecular flexibility index (Phi) is 4.62. The highest BCUT2D eigenvalue weighted by Crippen LogP contribution is 2.14. The predicted octanol–water partition coefficient (Wildman–Crippen LogP) is 2.97. The van der Waals surface area contributed by atoms with Crippen molar-refractivity contribution in [1.82, 2.24) is 0 Å². The zero-order valence-electron chi connectivity index (χ0n) is 8.53. The fraction of sp³-hybridized carbons (Fsp3) is 0.364. The van der Waals surface area contributed by atoms with Gasteiger partial charge in [0.1, 0.15) is 0 Å². The maximum absolute atomic E-state index is 10.8. The fourth-order valence-corrected chi connectivity index (χ4v) is 1.48. The van der Waals surface area contributed by atoms with Crippen molar-refractivity contribution >= 4 is 27.6 Å². The molecule has 82 valence electrons. The van der Waals surface area contributed by atoms with Crippen molar-refractivity contribution in [2.75, 3.05) is 11.9 Å². The molecule has 15 heavy (non-hydrogen) atoms. The van der Waals surface area contributed by atoms with E-state index in [0.29, 0.717) is 13.0 Å². The third-order valence-corrected chi connectivity index (χ3v) is 2.77. The van der Waals surface area contributed by atoms with Crippen LogP contribution in [0.2, 0.25) is 0 Å². The summed E-state index contributed by atoms with van der Waals surface area (Å²) in [6.45, 7) is 2.34. The Morgan fingerprint density at radius 2 is 2.07 bits per heavy atom. The number of nitrogens with one attached hydrogen (secondary N) is 1. The van der Waals surface area contributed by atoms with Crippen LogP contribution in [0.5, 0.6) is 0 Å². The zero-order chi connectivity index (χ0) is 11.3. The molecule has 3 nitrogen and oxygen atoms in total. The number of benzene rings is 1. The van der Waals surface area contributed by atoms with Crippen molar-refractivity contribution < 1.29 is 9.90 Å². The lowest BCUT2D eigenvalue weighted by atomic mass is 10.1. The van der Waals surface area contributed by atoms with E-state index in [1.54, 1.807) is 0 Å². The first-order valence-electron chi connectivity index (χ1n) is 4.85. The Morgan fingerprint density at radius 3 is 2.53 bits per heavy atom. The SMILES string of the molecule is CCC(CNc1ccc(Br)cc1)C(=O)O. The Labute approximate surface area is 97.6 Å². The number of rotatable bonds is 5. The first-order valence-corrected chi connectivity index (χ1v) is 5.65. The molecule has 0 aliphatic carbocycles. The summed E-state index contributed by atoms with van der Waals surface area (Å²) in [4.78, 5) is 10.8. The van der Waals surface area contributed by atoms with Gasteiger partial charge in [-0.1, -0.05) is 22.9 Å². The quantitative estimate of drug-likeness (QED) is 0.866. The second kappa shape index (κ2) is 5.75. The molecule has 1 unspecified atom stereocenters. The molecule has 0 fully saturated rings. The van der Waals surface area contributed by atoms with Crippen LogP contribution in [0.1, 0.15) is 13.3 Å². The number of anilines is 1. The zero-order valence-corrected chi connectivity index (χ0v) is 10.1. The summed E-state index contributed by atoms with van der Waals surface area (Å²) in [5.41, 5.74) is 0.943. The summed E-state index contributed by atoms with van der Waals surface area (Å²) < 4.78 is 1.01. The van der Waals surface area contributed by atoms with Crippen LogP contribution < -0.4 is 5.32 Å². The number of carbonyl (C=O) groups is 1. The number of hydrogen-bond donors (Lipinski definition) is 2. The van der Waals surface area contributed by atoms with E-state index in [1.807, 2.05) is 31.2 Å². The van der Waals surface area contributed by atoms with Crippen LogP contribution in [-0.4, -0.2) is 17.6 Å². The molecule has 0 heterocycles. The first-order chi connectivity index (χ1) is 7.13. The van der Waals surface area contributed by atoms with Gasteiger partial charge in [-0.05, 0) is 30.7 Å². The molecule has 0 aliphatic heterocycles. The third-order valence-electron chi connectivity index (χ3n) is 2.24. The van der Waals surface area contributed by atoms with Crippen LogP contribution in [0.25, 0.3) is 0 Å². The van der Waals surface area contributed by atoms with Gasteiger partial charge in [-0.25, -0.2) is 0 Å². The first kappa shape index (κ1) is 12.0. The number of aliphatic carboxylic acids is 1. The van der Waals surface area contributed by atoms with E-state index in [4.69, 9.17) is 5.11 Å². The summed E-state index contributed by atoms with van der Waals surface area (Å²) in [7, 11) is 0. The number of carboxylic acids is 1. The maximum atomic E-state index is 10.8. The van der Waals surface area contributed by atoms with Crippen LogP contribution in [0.4, 0.5) is 5.69 Å². The average molecular weight is 272 g/mol. The molecular weight excluding hydrogens is 258 g/mol. The second-order valence-corrected chi connectivity index (χ2v) is 4.25.